The van der Waals surface area contributed by atoms with Gasteiger partial charge in [-0.05, 0) is 34.5 Å². The molecule has 0 amide bonds. The molecule has 13 heavy (non-hydrogen) atoms. The van der Waals surface area contributed by atoms with Crippen molar-refractivity contribution in [2.24, 2.45) is 5.92 Å². The van der Waals surface area contributed by atoms with Crippen LogP contribution >= 0.6 is 15.9 Å². The first-order valence-electron chi connectivity index (χ1n) is 4.28. The zero-order valence-corrected chi connectivity index (χ0v) is 8.66. The topological polar surface area (TPSA) is 45.1 Å². The third kappa shape index (κ3) is 2.19. The van der Waals surface area contributed by atoms with Crippen LogP contribution < -0.4 is 5.32 Å². The number of aliphatic hydroxyl groups excluding tert-OH is 1. The van der Waals surface area contributed by atoms with E-state index >= 15 is 0 Å². The molecule has 0 radical (unpaired) electrons. The van der Waals surface area contributed by atoms with Crippen LogP contribution in [0.1, 0.15) is 6.42 Å². The van der Waals surface area contributed by atoms with E-state index in [4.69, 9.17) is 5.11 Å². The van der Waals surface area contributed by atoms with Gasteiger partial charge < -0.3 is 10.4 Å². The van der Waals surface area contributed by atoms with E-state index in [0.29, 0.717) is 12.0 Å². The van der Waals surface area contributed by atoms with Gasteiger partial charge in [0.2, 0.25) is 0 Å². The fraction of sp³-hybridized carbons (Fsp3) is 0.444. The molecule has 0 spiro atoms. The lowest BCUT2D eigenvalue weighted by atomic mass is 10.4. The molecule has 2 N–H and O–H groups in total. The molecule has 1 aromatic rings. The predicted octanol–water partition coefficient (Wildman–Crippen LogP) is 1.64. The fourth-order valence-corrected chi connectivity index (χ4v) is 1.51. The molecule has 1 saturated carbocycles. The summed E-state index contributed by atoms with van der Waals surface area (Å²) in [4.78, 5) is 4.19. The lowest BCUT2D eigenvalue weighted by molar-refractivity contribution is 0.275. The Bertz CT molecular complexity index is 288. The van der Waals surface area contributed by atoms with Gasteiger partial charge in [0.15, 0.2) is 0 Å². The van der Waals surface area contributed by atoms with Crippen molar-refractivity contribution in [2.75, 3.05) is 11.9 Å². The van der Waals surface area contributed by atoms with Gasteiger partial charge in [-0.15, -0.1) is 0 Å². The van der Waals surface area contributed by atoms with Crippen LogP contribution in [0.2, 0.25) is 0 Å². The summed E-state index contributed by atoms with van der Waals surface area (Å²) in [5.41, 5.74) is 0. The van der Waals surface area contributed by atoms with Gasteiger partial charge in [0.25, 0.3) is 0 Å². The molecule has 4 heteroatoms. The molecule has 0 saturated heterocycles. The van der Waals surface area contributed by atoms with Crippen molar-refractivity contribution in [2.45, 2.75) is 12.5 Å². The van der Waals surface area contributed by atoms with Crippen LogP contribution in [0, 0.1) is 5.92 Å². The van der Waals surface area contributed by atoms with Crippen LogP contribution in [0.3, 0.4) is 0 Å². The second kappa shape index (κ2) is 3.64. The molecule has 0 aromatic carbocycles. The maximum absolute atomic E-state index is 8.83. The molecule has 70 valence electrons. The molecular weight excluding hydrogens is 232 g/mol. The van der Waals surface area contributed by atoms with Gasteiger partial charge in [-0.3, -0.25) is 0 Å². The third-order valence-corrected chi connectivity index (χ3v) is 2.69. The Morgan fingerprint density at radius 1 is 1.62 bits per heavy atom. The van der Waals surface area contributed by atoms with Crippen molar-refractivity contribution >= 4 is 21.7 Å². The van der Waals surface area contributed by atoms with Crippen LogP contribution in [-0.4, -0.2) is 22.7 Å². The quantitative estimate of drug-likeness (QED) is 0.848. The maximum Gasteiger partial charge on any atom is 0.126 e. The van der Waals surface area contributed by atoms with E-state index in [0.717, 1.165) is 16.7 Å². The average molecular weight is 243 g/mol. The summed E-state index contributed by atoms with van der Waals surface area (Å²) < 4.78 is 0.979. The maximum atomic E-state index is 8.83. The van der Waals surface area contributed by atoms with Gasteiger partial charge in [0.05, 0.1) is 0 Å². The van der Waals surface area contributed by atoms with Crippen molar-refractivity contribution in [3.63, 3.8) is 0 Å². The largest absolute Gasteiger partial charge is 0.396 e. The normalized spacial score (nSPS) is 25.7. The van der Waals surface area contributed by atoms with Crippen molar-refractivity contribution in [1.29, 1.82) is 0 Å². The zero-order valence-electron chi connectivity index (χ0n) is 7.07. The molecule has 1 aliphatic carbocycles. The zero-order chi connectivity index (χ0) is 9.26. The summed E-state index contributed by atoms with van der Waals surface area (Å²) in [6, 6.07) is 4.29. The first-order chi connectivity index (χ1) is 6.29. The molecule has 0 aliphatic heterocycles. The Morgan fingerprint density at radius 3 is 3.00 bits per heavy atom. The van der Waals surface area contributed by atoms with E-state index in [1.54, 1.807) is 6.20 Å². The summed E-state index contributed by atoms with van der Waals surface area (Å²) in [7, 11) is 0. The number of nitrogens with zero attached hydrogens (tertiary/aromatic N) is 1. The standard InChI is InChI=1S/C9H11BrN2O/c10-7-1-2-9(11-4-7)12-8-3-6(8)5-13/h1-2,4,6,8,13H,3,5H2,(H,11,12). The number of rotatable bonds is 3. The van der Waals surface area contributed by atoms with Crippen LogP contribution in [0.4, 0.5) is 5.82 Å². The molecule has 1 fully saturated rings. The van der Waals surface area contributed by atoms with Gasteiger partial charge in [-0.1, -0.05) is 0 Å². The molecular formula is C9H11BrN2O. The lowest BCUT2D eigenvalue weighted by Crippen LogP contribution is -2.07. The van der Waals surface area contributed by atoms with E-state index in [1.165, 1.54) is 0 Å². The predicted molar refractivity (Wildman–Crippen MR) is 54.5 cm³/mol. The van der Waals surface area contributed by atoms with Gasteiger partial charge in [0.1, 0.15) is 5.82 Å². The smallest absolute Gasteiger partial charge is 0.126 e. The van der Waals surface area contributed by atoms with Crippen molar-refractivity contribution in [1.82, 2.24) is 4.98 Å². The number of nitrogens with one attached hydrogen (secondary N) is 1. The fourth-order valence-electron chi connectivity index (χ4n) is 1.28. The number of hydrogen-bond acceptors (Lipinski definition) is 3. The second-order valence-electron chi connectivity index (χ2n) is 3.29. The Labute approximate surface area is 85.3 Å². The summed E-state index contributed by atoms with van der Waals surface area (Å²) >= 11 is 3.32. The number of hydrogen-bond donors (Lipinski definition) is 2. The molecule has 0 bridgehead atoms. The highest BCUT2D eigenvalue weighted by Gasteiger charge is 2.36. The number of anilines is 1. The summed E-state index contributed by atoms with van der Waals surface area (Å²) in [6.45, 7) is 0.272. The SMILES string of the molecule is OCC1CC1Nc1ccc(Br)cn1. The Hall–Kier alpha value is -0.610. The Kier molecular flexibility index (Phi) is 2.51. The minimum atomic E-state index is 0.272. The highest BCUT2D eigenvalue weighted by Crippen LogP contribution is 2.32. The van der Waals surface area contributed by atoms with Crippen LogP contribution in [0.5, 0.6) is 0 Å². The molecule has 2 rings (SSSR count). The first kappa shape index (κ1) is 8.97. The van der Waals surface area contributed by atoms with Crippen molar-refractivity contribution in [3.8, 4) is 0 Å². The molecule has 1 aliphatic rings. The number of aromatic nitrogens is 1. The minimum Gasteiger partial charge on any atom is -0.396 e. The monoisotopic (exact) mass is 242 g/mol. The third-order valence-electron chi connectivity index (χ3n) is 2.22. The van der Waals surface area contributed by atoms with E-state index in [2.05, 4.69) is 26.2 Å². The van der Waals surface area contributed by atoms with Gasteiger partial charge >= 0.3 is 0 Å². The van der Waals surface area contributed by atoms with E-state index in [9.17, 15) is 0 Å². The first-order valence-corrected chi connectivity index (χ1v) is 5.08. The van der Waals surface area contributed by atoms with Gasteiger partial charge in [-0.25, -0.2) is 4.98 Å². The summed E-state index contributed by atoms with van der Waals surface area (Å²) in [6.07, 6.45) is 2.81. The van der Waals surface area contributed by atoms with Gasteiger partial charge in [0, 0.05) is 29.2 Å². The Morgan fingerprint density at radius 2 is 2.46 bits per heavy atom. The van der Waals surface area contributed by atoms with Crippen molar-refractivity contribution in [3.05, 3.63) is 22.8 Å². The highest BCUT2D eigenvalue weighted by atomic mass is 79.9. The highest BCUT2D eigenvalue weighted by molar-refractivity contribution is 9.10. The van der Waals surface area contributed by atoms with E-state index in [1.807, 2.05) is 12.1 Å². The molecule has 1 heterocycles. The lowest BCUT2D eigenvalue weighted by Gasteiger charge is -2.03. The number of pyridine rings is 1. The molecule has 1 aromatic heterocycles. The van der Waals surface area contributed by atoms with E-state index in [-0.39, 0.29) is 6.61 Å². The number of halogens is 1. The molecule has 3 nitrogen and oxygen atoms in total. The van der Waals surface area contributed by atoms with Crippen LogP contribution in [0.15, 0.2) is 22.8 Å². The molecule has 2 atom stereocenters. The van der Waals surface area contributed by atoms with Crippen LogP contribution in [0.25, 0.3) is 0 Å². The van der Waals surface area contributed by atoms with Crippen molar-refractivity contribution < 1.29 is 5.11 Å². The average Bonchev–Trinajstić information content (AvgIpc) is 2.88. The van der Waals surface area contributed by atoms with Gasteiger partial charge in [-0.2, -0.15) is 0 Å². The Balaban J connectivity index is 1.92. The minimum absolute atomic E-state index is 0.272. The summed E-state index contributed by atoms with van der Waals surface area (Å²) in [5, 5.41) is 12.1. The summed E-state index contributed by atoms with van der Waals surface area (Å²) in [5.74, 6) is 1.30. The van der Waals surface area contributed by atoms with E-state index < -0.39 is 0 Å². The number of aliphatic hydroxyl groups is 1. The van der Waals surface area contributed by atoms with Crippen LogP contribution in [-0.2, 0) is 0 Å². The molecule has 2 unspecified atom stereocenters. The second-order valence-corrected chi connectivity index (χ2v) is 4.21.